The Morgan fingerprint density at radius 2 is 1.67 bits per heavy atom. The molecule has 1 rings (SSSR count). The van der Waals surface area contributed by atoms with E-state index in [1.165, 1.54) is 0 Å². The Morgan fingerprint density at radius 1 is 1.25 bits per heavy atom. The predicted octanol–water partition coefficient (Wildman–Crippen LogP) is 2.71. The van der Waals surface area contributed by atoms with Gasteiger partial charge < -0.3 is 4.90 Å². The van der Waals surface area contributed by atoms with Gasteiger partial charge in [-0.2, -0.15) is 0 Å². The smallest absolute Gasteiger partial charge is 0.114 e. The van der Waals surface area contributed by atoms with Crippen LogP contribution in [0.1, 0.15) is 34.1 Å². The third kappa shape index (κ3) is 9.89. The summed E-state index contributed by atoms with van der Waals surface area (Å²) in [4.78, 5) is 2.00. The quantitative estimate of drug-likeness (QED) is 0.547. The normalized spacial score (nSPS) is 25.0. The van der Waals surface area contributed by atoms with Crippen LogP contribution in [0.25, 0.3) is 0 Å². The fourth-order valence-electron chi connectivity index (χ4n) is 0.881. The molecule has 1 nitrogen and oxygen atoms in total. The fourth-order valence-corrected chi connectivity index (χ4v) is 0.881. The second-order valence-electron chi connectivity index (χ2n) is 5.15. The van der Waals surface area contributed by atoms with Gasteiger partial charge in [-0.1, -0.05) is 27.7 Å². The highest BCUT2D eigenvalue weighted by Crippen LogP contribution is 2.08. The Bertz CT molecular complexity index is 103. The maximum Gasteiger partial charge on any atom is 0.114 e. The highest BCUT2D eigenvalue weighted by Gasteiger charge is 2.17. The summed E-state index contributed by atoms with van der Waals surface area (Å²) in [5.41, 5.74) is 0.500. The third-order valence-corrected chi connectivity index (χ3v) is 1.33. The first-order chi connectivity index (χ1) is 5.29. The van der Waals surface area contributed by atoms with Crippen molar-refractivity contribution in [2.24, 2.45) is 5.41 Å². The number of hydrogen-bond acceptors (Lipinski definition) is 1. The largest absolute Gasteiger partial charge is 0.303 e. The van der Waals surface area contributed by atoms with E-state index < -0.39 is 6.17 Å². The van der Waals surface area contributed by atoms with Crippen LogP contribution in [0.4, 0.5) is 4.39 Å². The lowest BCUT2D eigenvalue weighted by molar-refractivity contribution is 0.321. The van der Waals surface area contributed by atoms with Gasteiger partial charge in [0.1, 0.15) is 6.17 Å². The summed E-state index contributed by atoms with van der Waals surface area (Å²) in [5.74, 6) is 0. The summed E-state index contributed by atoms with van der Waals surface area (Å²) >= 11 is 0. The van der Waals surface area contributed by atoms with Crippen molar-refractivity contribution in [2.75, 3.05) is 20.1 Å². The molecule has 74 valence electrons. The Hall–Kier alpha value is -0.110. The average Bonchev–Trinajstić information content (AvgIpc) is 2.09. The molecule has 1 aliphatic heterocycles. The third-order valence-electron chi connectivity index (χ3n) is 1.33. The molecule has 0 aromatic rings. The van der Waals surface area contributed by atoms with Gasteiger partial charge in [-0.05, 0) is 18.9 Å². The monoisotopic (exact) mass is 175 g/mol. The van der Waals surface area contributed by atoms with Crippen LogP contribution < -0.4 is 0 Å². The molecule has 1 saturated heterocycles. The molecule has 0 aromatic heterocycles. The van der Waals surface area contributed by atoms with Crippen molar-refractivity contribution in [1.29, 1.82) is 0 Å². The van der Waals surface area contributed by atoms with Crippen molar-refractivity contribution < 1.29 is 4.39 Å². The van der Waals surface area contributed by atoms with Gasteiger partial charge in [0.2, 0.25) is 0 Å². The van der Waals surface area contributed by atoms with E-state index in [2.05, 4.69) is 27.7 Å². The number of halogens is 1. The van der Waals surface area contributed by atoms with Crippen LogP contribution in [0.3, 0.4) is 0 Å². The summed E-state index contributed by atoms with van der Waals surface area (Å²) in [5, 5.41) is 0. The molecule has 1 heterocycles. The van der Waals surface area contributed by atoms with Gasteiger partial charge in [-0.15, -0.1) is 0 Å². The number of hydrogen-bond donors (Lipinski definition) is 0. The second kappa shape index (κ2) is 4.80. The van der Waals surface area contributed by atoms with Gasteiger partial charge in [0, 0.05) is 13.1 Å². The molecule has 0 bridgehead atoms. The minimum Gasteiger partial charge on any atom is -0.303 e. The van der Waals surface area contributed by atoms with Gasteiger partial charge in [0.05, 0.1) is 0 Å². The van der Waals surface area contributed by atoms with E-state index in [4.69, 9.17) is 0 Å². The molecule has 0 radical (unpaired) electrons. The molecule has 1 aliphatic rings. The van der Waals surface area contributed by atoms with Crippen LogP contribution in [0, 0.1) is 5.41 Å². The van der Waals surface area contributed by atoms with E-state index in [1.54, 1.807) is 0 Å². The van der Waals surface area contributed by atoms with E-state index in [0.717, 1.165) is 13.0 Å². The van der Waals surface area contributed by atoms with E-state index >= 15 is 0 Å². The molecule has 0 aromatic carbocycles. The Morgan fingerprint density at radius 3 is 1.75 bits per heavy atom. The Balaban J connectivity index is 0.000000217. The maximum absolute atomic E-state index is 12.1. The van der Waals surface area contributed by atoms with Gasteiger partial charge >= 0.3 is 0 Å². The van der Waals surface area contributed by atoms with Crippen molar-refractivity contribution in [2.45, 2.75) is 40.3 Å². The van der Waals surface area contributed by atoms with E-state index in [0.29, 0.717) is 12.0 Å². The summed E-state index contributed by atoms with van der Waals surface area (Å²) in [7, 11) is 1.94. The van der Waals surface area contributed by atoms with Gasteiger partial charge in [-0.3, -0.25) is 0 Å². The fraction of sp³-hybridized carbons (Fsp3) is 1.00. The molecule has 1 atom stereocenters. The molecule has 0 saturated carbocycles. The molecule has 1 unspecified atom stereocenters. The average molecular weight is 175 g/mol. The number of likely N-dealkylation sites (tertiary alicyclic amines) is 1. The van der Waals surface area contributed by atoms with Crippen molar-refractivity contribution in [3.8, 4) is 0 Å². The zero-order valence-corrected chi connectivity index (χ0v) is 9.02. The van der Waals surface area contributed by atoms with Crippen molar-refractivity contribution in [3.63, 3.8) is 0 Å². The van der Waals surface area contributed by atoms with Crippen molar-refractivity contribution >= 4 is 0 Å². The maximum atomic E-state index is 12.1. The van der Waals surface area contributed by atoms with Gasteiger partial charge in [0.25, 0.3) is 0 Å². The second-order valence-corrected chi connectivity index (χ2v) is 5.15. The molecular formula is C10H22FN. The lowest BCUT2D eigenvalue weighted by atomic mass is 10.0. The molecule has 1 fully saturated rings. The summed E-state index contributed by atoms with van der Waals surface area (Å²) in [6, 6.07) is 0. The minimum atomic E-state index is -0.551. The first-order valence-electron chi connectivity index (χ1n) is 4.61. The van der Waals surface area contributed by atoms with Crippen LogP contribution in [0.5, 0.6) is 0 Å². The molecular weight excluding hydrogens is 153 g/mol. The highest BCUT2D eigenvalue weighted by atomic mass is 19.1. The number of nitrogens with zero attached hydrogens (tertiary/aromatic N) is 1. The highest BCUT2D eigenvalue weighted by molar-refractivity contribution is 4.70. The number of alkyl halides is 1. The molecule has 2 heteroatoms. The van der Waals surface area contributed by atoms with E-state index in [1.807, 2.05) is 11.9 Å². The molecule has 0 spiro atoms. The summed E-state index contributed by atoms with van der Waals surface area (Å²) < 4.78 is 12.1. The topological polar surface area (TPSA) is 3.24 Å². The van der Waals surface area contributed by atoms with Crippen LogP contribution >= 0.6 is 0 Å². The van der Waals surface area contributed by atoms with Crippen LogP contribution in [0.15, 0.2) is 0 Å². The van der Waals surface area contributed by atoms with Gasteiger partial charge in [-0.25, -0.2) is 4.39 Å². The van der Waals surface area contributed by atoms with Crippen molar-refractivity contribution in [1.82, 2.24) is 4.90 Å². The Kier molecular flexibility index (Phi) is 4.76. The minimum absolute atomic E-state index is 0.500. The molecule has 0 N–H and O–H groups in total. The zero-order chi connectivity index (χ0) is 9.78. The predicted molar refractivity (Wildman–Crippen MR) is 52.1 cm³/mol. The van der Waals surface area contributed by atoms with Crippen molar-refractivity contribution in [3.05, 3.63) is 0 Å². The molecule has 0 amide bonds. The van der Waals surface area contributed by atoms with Crippen LogP contribution in [-0.2, 0) is 0 Å². The number of rotatable bonds is 0. The standard InChI is InChI=1S/C5H10FN.C5H12/c1-7-3-2-5(6)4-7;1-5(2,3)4/h5H,2-4H2,1H3;1-4H3. The van der Waals surface area contributed by atoms with E-state index in [-0.39, 0.29) is 0 Å². The first kappa shape index (κ1) is 11.9. The SMILES string of the molecule is CC(C)(C)C.CN1CCC(F)C1. The summed E-state index contributed by atoms with van der Waals surface area (Å²) in [6.07, 6.45) is 0.182. The van der Waals surface area contributed by atoms with Gasteiger partial charge in [0.15, 0.2) is 0 Å². The summed E-state index contributed by atoms with van der Waals surface area (Å²) in [6.45, 7) is 10.3. The zero-order valence-electron chi connectivity index (χ0n) is 9.02. The lowest BCUT2D eigenvalue weighted by Crippen LogP contribution is -2.13. The lowest BCUT2D eigenvalue weighted by Gasteiger charge is -2.05. The Labute approximate surface area is 75.9 Å². The van der Waals surface area contributed by atoms with Crippen LogP contribution in [-0.4, -0.2) is 31.2 Å². The van der Waals surface area contributed by atoms with E-state index in [9.17, 15) is 4.39 Å². The molecule has 12 heavy (non-hydrogen) atoms. The molecule has 0 aliphatic carbocycles. The first-order valence-corrected chi connectivity index (χ1v) is 4.61. The van der Waals surface area contributed by atoms with Crippen LogP contribution in [0.2, 0.25) is 0 Å².